The van der Waals surface area contributed by atoms with Crippen molar-refractivity contribution >= 4 is 24.2 Å². The van der Waals surface area contributed by atoms with Crippen LogP contribution in [0.25, 0.3) is 0 Å². The highest BCUT2D eigenvalue weighted by Gasteiger charge is 2.07. The molecule has 0 rings (SSSR count). The van der Waals surface area contributed by atoms with Gasteiger partial charge in [0.25, 0.3) is 0 Å². The van der Waals surface area contributed by atoms with Gasteiger partial charge in [0.1, 0.15) is 0 Å². The van der Waals surface area contributed by atoms with Gasteiger partial charge in [0.15, 0.2) is 0 Å². The molecule has 2 amide bonds. The number of hydrogen-bond donors (Lipinski definition) is 2. The van der Waals surface area contributed by atoms with Crippen LogP contribution in [0.2, 0.25) is 0 Å². The van der Waals surface area contributed by atoms with Crippen molar-refractivity contribution in [3.8, 4) is 0 Å². The topological polar surface area (TPSA) is 58.2 Å². The predicted molar refractivity (Wildman–Crippen MR) is 49.2 cm³/mol. The number of amides is 2. The lowest BCUT2D eigenvalue weighted by molar-refractivity contribution is -0.122. The van der Waals surface area contributed by atoms with Crippen molar-refractivity contribution in [3.05, 3.63) is 0 Å². The molecule has 0 heterocycles. The maximum atomic E-state index is 10.7. The Hall–Kier alpha value is -0.770. The Labute approximate surface area is 78.5 Å². The summed E-state index contributed by atoms with van der Waals surface area (Å²) < 4.78 is 0. The van der Waals surface area contributed by atoms with Crippen molar-refractivity contribution < 1.29 is 9.59 Å². The lowest BCUT2D eigenvalue weighted by atomic mass is 10.2. The lowest BCUT2D eigenvalue weighted by Gasteiger charge is -2.10. The van der Waals surface area contributed by atoms with Gasteiger partial charge in [0.2, 0.25) is 11.8 Å². The molecule has 1 atom stereocenters. The number of carbonyl (C=O) groups is 2. The fourth-order valence-electron chi connectivity index (χ4n) is 0.778. The lowest BCUT2D eigenvalue weighted by Crippen LogP contribution is -2.35. The van der Waals surface area contributed by atoms with Crippen LogP contribution in [-0.4, -0.2) is 24.9 Å². The average Bonchev–Trinajstić information content (AvgIpc) is 1.85. The average molecular weight is 195 g/mol. The van der Waals surface area contributed by atoms with Crippen LogP contribution in [0.1, 0.15) is 20.3 Å². The van der Waals surface area contributed by atoms with E-state index >= 15 is 0 Å². The first-order valence-electron chi connectivity index (χ1n) is 3.54. The maximum absolute atomic E-state index is 10.7. The van der Waals surface area contributed by atoms with Gasteiger partial charge in [-0.15, -0.1) is 12.4 Å². The molecule has 2 N–H and O–H groups in total. The number of hydrogen-bond acceptors (Lipinski definition) is 2. The molecule has 0 aromatic heterocycles. The number of halogens is 1. The zero-order chi connectivity index (χ0) is 8.85. The van der Waals surface area contributed by atoms with E-state index in [0.29, 0.717) is 6.42 Å². The van der Waals surface area contributed by atoms with Crippen LogP contribution >= 0.6 is 12.4 Å². The molecule has 0 aromatic carbocycles. The zero-order valence-corrected chi connectivity index (χ0v) is 8.33. The third kappa shape index (κ3) is 7.34. The summed E-state index contributed by atoms with van der Waals surface area (Å²) in [5.41, 5.74) is 0. The van der Waals surface area contributed by atoms with Crippen LogP contribution in [0.5, 0.6) is 0 Å². The van der Waals surface area contributed by atoms with E-state index in [-0.39, 0.29) is 30.3 Å². The zero-order valence-electron chi connectivity index (χ0n) is 7.51. The van der Waals surface area contributed by atoms with E-state index < -0.39 is 0 Å². The Morgan fingerprint density at radius 1 is 1.42 bits per heavy atom. The monoisotopic (exact) mass is 194 g/mol. The van der Waals surface area contributed by atoms with E-state index in [1.165, 1.54) is 6.92 Å². The van der Waals surface area contributed by atoms with E-state index in [9.17, 15) is 9.59 Å². The summed E-state index contributed by atoms with van der Waals surface area (Å²) in [5, 5.41) is 5.09. The van der Waals surface area contributed by atoms with Gasteiger partial charge >= 0.3 is 0 Å². The third-order valence-electron chi connectivity index (χ3n) is 1.22. The highest BCUT2D eigenvalue weighted by atomic mass is 35.5. The van der Waals surface area contributed by atoms with Crippen LogP contribution in [-0.2, 0) is 9.59 Å². The first-order valence-corrected chi connectivity index (χ1v) is 3.54. The minimum absolute atomic E-state index is 0. The number of rotatable bonds is 3. The molecular formula is C7H15ClN2O2. The second-order valence-electron chi connectivity index (χ2n) is 2.48. The maximum Gasteiger partial charge on any atom is 0.221 e. The summed E-state index contributed by atoms with van der Waals surface area (Å²) >= 11 is 0. The summed E-state index contributed by atoms with van der Waals surface area (Å²) in [5.74, 6) is -0.173. The van der Waals surface area contributed by atoms with Crippen molar-refractivity contribution in [1.29, 1.82) is 0 Å². The van der Waals surface area contributed by atoms with Crippen molar-refractivity contribution in [2.24, 2.45) is 0 Å². The van der Waals surface area contributed by atoms with Crippen LogP contribution in [0.4, 0.5) is 0 Å². The SMILES string of the molecule is CNC(=O)C[C@@H](C)NC(C)=O.Cl. The molecule has 0 aliphatic rings. The molecule has 0 aromatic rings. The van der Waals surface area contributed by atoms with Crippen molar-refractivity contribution in [2.45, 2.75) is 26.3 Å². The molecule has 0 spiro atoms. The summed E-state index contributed by atoms with van der Waals surface area (Å²) in [4.78, 5) is 21.2. The normalized spacial score (nSPS) is 10.9. The number of carbonyl (C=O) groups excluding carboxylic acids is 2. The summed E-state index contributed by atoms with van der Waals surface area (Å²) in [6, 6.07) is -0.0903. The van der Waals surface area contributed by atoms with Gasteiger partial charge in [-0.25, -0.2) is 0 Å². The molecule has 5 heteroatoms. The predicted octanol–water partition coefficient (Wildman–Crippen LogP) is 0.0689. The number of nitrogens with one attached hydrogen (secondary N) is 2. The molecule has 0 aliphatic carbocycles. The second-order valence-corrected chi connectivity index (χ2v) is 2.48. The molecule has 0 saturated heterocycles. The summed E-state index contributed by atoms with van der Waals surface area (Å²) in [6.45, 7) is 3.22. The first kappa shape index (κ1) is 13.8. The first-order chi connectivity index (χ1) is 5.06. The van der Waals surface area contributed by atoms with Gasteiger partial charge in [0, 0.05) is 26.4 Å². The quantitative estimate of drug-likeness (QED) is 0.668. The van der Waals surface area contributed by atoms with Gasteiger partial charge in [-0.2, -0.15) is 0 Å². The minimum atomic E-state index is -0.110. The van der Waals surface area contributed by atoms with Crippen LogP contribution in [0.15, 0.2) is 0 Å². The molecule has 72 valence electrons. The molecule has 12 heavy (non-hydrogen) atoms. The standard InChI is InChI=1S/C7H14N2O2.ClH/c1-5(9-6(2)10)4-7(11)8-3;/h5H,4H2,1-3H3,(H,8,11)(H,9,10);1H/t5-;/m1./s1. The molecule has 0 bridgehead atoms. The Morgan fingerprint density at radius 2 is 1.92 bits per heavy atom. The van der Waals surface area contributed by atoms with Crippen molar-refractivity contribution in [3.63, 3.8) is 0 Å². The van der Waals surface area contributed by atoms with Gasteiger partial charge in [-0.3, -0.25) is 9.59 Å². The van der Waals surface area contributed by atoms with Crippen LogP contribution < -0.4 is 10.6 Å². The van der Waals surface area contributed by atoms with E-state index in [0.717, 1.165) is 0 Å². The van der Waals surface area contributed by atoms with Crippen LogP contribution in [0.3, 0.4) is 0 Å². The van der Waals surface area contributed by atoms with Crippen molar-refractivity contribution in [2.75, 3.05) is 7.05 Å². The van der Waals surface area contributed by atoms with E-state index in [1.54, 1.807) is 14.0 Å². The minimum Gasteiger partial charge on any atom is -0.359 e. The van der Waals surface area contributed by atoms with E-state index in [1.807, 2.05) is 0 Å². The Bertz CT molecular complexity index is 161. The van der Waals surface area contributed by atoms with Gasteiger partial charge in [-0.1, -0.05) is 0 Å². The Balaban J connectivity index is 0. The molecule has 0 radical (unpaired) electrons. The van der Waals surface area contributed by atoms with Crippen LogP contribution in [0, 0.1) is 0 Å². The summed E-state index contributed by atoms with van der Waals surface area (Å²) in [7, 11) is 1.57. The van der Waals surface area contributed by atoms with Gasteiger partial charge in [0.05, 0.1) is 0 Å². The Kier molecular flexibility index (Phi) is 7.94. The third-order valence-corrected chi connectivity index (χ3v) is 1.22. The highest BCUT2D eigenvalue weighted by molar-refractivity contribution is 5.85. The van der Waals surface area contributed by atoms with E-state index in [2.05, 4.69) is 10.6 Å². The molecule has 4 nitrogen and oxygen atoms in total. The molecular weight excluding hydrogens is 180 g/mol. The largest absolute Gasteiger partial charge is 0.359 e. The molecule has 0 unspecified atom stereocenters. The van der Waals surface area contributed by atoms with Gasteiger partial charge in [-0.05, 0) is 6.92 Å². The van der Waals surface area contributed by atoms with Gasteiger partial charge < -0.3 is 10.6 Å². The second kappa shape index (κ2) is 6.91. The van der Waals surface area contributed by atoms with Crippen molar-refractivity contribution in [1.82, 2.24) is 10.6 Å². The fourth-order valence-corrected chi connectivity index (χ4v) is 0.778. The fraction of sp³-hybridized carbons (Fsp3) is 0.714. The smallest absolute Gasteiger partial charge is 0.221 e. The Morgan fingerprint density at radius 3 is 2.25 bits per heavy atom. The molecule has 0 aliphatic heterocycles. The molecule has 0 saturated carbocycles. The summed E-state index contributed by atoms with van der Waals surface area (Å²) in [6.07, 6.45) is 0.329. The molecule has 0 fully saturated rings. The highest BCUT2D eigenvalue weighted by Crippen LogP contribution is 1.88. The van der Waals surface area contributed by atoms with E-state index in [4.69, 9.17) is 0 Å².